The Morgan fingerprint density at radius 1 is 1.19 bits per heavy atom. The minimum atomic E-state index is -0.190. The van der Waals surface area contributed by atoms with E-state index in [0.717, 1.165) is 30.6 Å². The molecule has 2 nitrogen and oxygen atoms in total. The van der Waals surface area contributed by atoms with Gasteiger partial charge in [0, 0.05) is 0 Å². The van der Waals surface area contributed by atoms with Crippen molar-refractivity contribution in [2.24, 2.45) is 0 Å². The molecule has 0 aliphatic heterocycles. The Kier molecular flexibility index (Phi) is 3.82. The Hall–Kier alpha value is -2.03. The highest BCUT2D eigenvalue weighted by molar-refractivity contribution is 5.50. The average molecular weight is 285 g/mol. The molecule has 3 heteroatoms. The van der Waals surface area contributed by atoms with Gasteiger partial charge in [0.05, 0.1) is 18.8 Å². The Morgan fingerprint density at radius 2 is 2.05 bits per heavy atom. The number of hydrogen-bond donors (Lipinski definition) is 1. The van der Waals surface area contributed by atoms with Gasteiger partial charge in [0.2, 0.25) is 0 Å². The van der Waals surface area contributed by atoms with Gasteiger partial charge < -0.3 is 10.1 Å². The van der Waals surface area contributed by atoms with Crippen molar-refractivity contribution >= 4 is 5.69 Å². The number of anilines is 1. The van der Waals surface area contributed by atoms with Crippen molar-refractivity contribution in [1.82, 2.24) is 0 Å². The SMILES string of the molecule is COc1ccc2c(c1)C(Nc1ccc(C)cc1F)CCC2. The molecule has 0 saturated heterocycles. The van der Waals surface area contributed by atoms with Crippen molar-refractivity contribution in [3.8, 4) is 5.75 Å². The third kappa shape index (κ3) is 2.87. The van der Waals surface area contributed by atoms with Gasteiger partial charge in [0.1, 0.15) is 11.6 Å². The Bertz CT molecular complexity index is 654. The molecule has 0 amide bonds. The maximum absolute atomic E-state index is 14.0. The monoisotopic (exact) mass is 285 g/mol. The van der Waals surface area contributed by atoms with Gasteiger partial charge in [-0.1, -0.05) is 12.1 Å². The summed E-state index contributed by atoms with van der Waals surface area (Å²) in [6.07, 6.45) is 3.20. The molecule has 0 aromatic heterocycles. The summed E-state index contributed by atoms with van der Waals surface area (Å²) in [7, 11) is 1.67. The number of halogens is 1. The van der Waals surface area contributed by atoms with Gasteiger partial charge in [-0.05, 0) is 67.1 Å². The maximum atomic E-state index is 14.0. The smallest absolute Gasteiger partial charge is 0.146 e. The second kappa shape index (κ2) is 5.76. The standard InChI is InChI=1S/C18H20FNO/c1-12-6-9-18(16(19)10-12)20-17-5-3-4-13-7-8-14(21-2)11-15(13)17/h6-11,17,20H,3-5H2,1-2H3. The molecule has 110 valence electrons. The minimum Gasteiger partial charge on any atom is -0.497 e. The topological polar surface area (TPSA) is 21.3 Å². The zero-order chi connectivity index (χ0) is 14.8. The van der Waals surface area contributed by atoms with Crippen molar-refractivity contribution in [2.75, 3.05) is 12.4 Å². The van der Waals surface area contributed by atoms with Crippen LogP contribution >= 0.6 is 0 Å². The van der Waals surface area contributed by atoms with Crippen LogP contribution in [0, 0.1) is 12.7 Å². The molecule has 0 saturated carbocycles. The summed E-state index contributed by atoms with van der Waals surface area (Å²) in [6, 6.07) is 11.6. The fourth-order valence-corrected chi connectivity index (χ4v) is 2.98. The van der Waals surface area contributed by atoms with Gasteiger partial charge in [-0.2, -0.15) is 0 Å². The van der Waals surface area contributed by atoms with E-state index in [0.29, 0.717) is 5.69 Å². The third-order valence-corrected chi connectivity index (χ3v) is 4.12. The van der Waals surface area contributed by atoms with Gasteiger partial charge in [-0.25, -0.2) is 4.39 Å². The lowest BCUT2D eigenvalue weighted by Gasteiger charge is -2.28. The number of methoxy groups -OCH3 is 1. The number of benzene rings is 2. The summed E-state index contributed by atoms with van der Waals surface area (Å²) < 4.78 is 19.4. The maximum Gasteiger partial charge on any atom is 0.146 e. The zero-order valence-corrected chi connectivity index (χ0v) is 12.4. The fourth-order valence-electron chi connectivity index (χ4n) is 2.98. The van der Waals surface area contributed by atoms with E-state index in [1.165, 1.54) is 11.1 Å². The lowest BCUT2D eigenvalue weighted by atomic mass is 9.87. The molecule has 1 N–H and O–H groups in total. The molecule has 0 spiro atoms. The molecule has 0 bridgehead atoms. The Labute approximate surface area is 125 Å². The van der Waals surface area contributed by atoms with Crippen LogP contribution in [-0.4, -0.2) is 7.11 Å². The molecule has 2 aromatic rings. The minimum absolute atomic E-state index is 0.140. The highest BCUT2D eigenvalue weighted by Gasteiger charge is 2.21. The van der Waals surface area contributed by atoms with Gasteiger partial charge in [-0.3, -0.25) is 0 Å². The molecule has 0 fully saturated rings. The van der Waals surface area contributed by atoms with Gasteiger partial charge in [0.25, 0.3) is 0 Å². The van der Waals surface area contributed by atoms with E-state index in [4.69, 9.17) is 4.74 Å². The molecular weight excluding hydrogens is 265 g/mol. The fraction of sp³-hybridized carbons (Fsp3) is 0.333. The quantitative estimate of drug-likeness (QED) is 0.887. The first-order valence-corrected chi connectivity index (χ1v) is 7.37. The van der Waals surface area contributed by atoms with Crippen molar-refractivity contribution < 1.29 is 9.13 Å². The zero-order valence-electron chi connectivity index (χ0n) is 12.4. The summed E-state index contributed by atoms with van der Waals surface area (Å²) in [5.74, 6) is 0.664. The molecule has 1 aliphatic rings. The first-order chi connectivity index (χ1) is 10.2. The van der Waals surface area contributed by atoms with E-state index in [9.17, 15) is 4.39 Å². The molecular formula is C18H20FNO. The normalized spacial score (nSPS) is 17.2. The van der Waals surface area contributed by atoms with Crippen molar-refractivity contribution in [2.45, 2.75) is 32.2 Å². The lowest BCUT2D eigenvalue weighted by molar-refractivity contribution is 0.413. The highest BCUT2D eigenvalue weighted by atomic mass is 19.1. The van der Waals surface area contributed by atoms with Crippen LogP contribution in [0.1, 0.15) is 35.6 Å². The summed E-state index contributed by atoms with van der Waals surface area (Å²) in [5.41, 5.74) is 4.05. The highest BCUT2D eigenvalue weighted by Crippen LogP contribution is 2.35. The van der Waals surface area contributed by atoms with Crippen molar-refractivity contribution in [1.29, 1.82) is 0 Å². The van der Waals surface area contributed by atoms with Gasteiger partial charge in [-0.15, -0.1) is 0 Å². The third-order valence-electron chi connectivity index (χ3n) is 4.12. The average Bonchev–Trinajstić information content (AvgIpc) is 2.50. The second-order valence-electron chi connectivity index (χ2n) is 5.64. The molecule has 1 unspecified atom stereocenters. The molecule has 21 heavy (non-hydrogen) atoms. The van der Waals surface area contributed by atoms with E-state index in [2.05, 4.69) is 17.4 Å². The van der Waals surface area contributed by atoms with Crippen LogP contribution in [-0.2, 0) is 6.42 Å². The first-order valence-electron chi connectivity index (χ1n) is 7.37. The van der Waals surface area contributed by atoms with E-state index in [-0.39, 0.29) is 11.9 Å². The van der Waals surface area contributed by atoms with Crippen LogP contribution in [0.5, 0.6) is 5.75 Å². The second-order valence-corrected chi connectivity index (χ2v) is 5.64. The predicted molar refractivity (Wildman–Crippen MR) is 83.4 cm³/mol. The van der Waals surface area contributed by atoms with Crippen LogP contribution in [0.3, 0.4) is 0 Å². The molecule has 3 rings (SSSR count). The summed E-state index contributed by atoms with van der Waals surface area (Å²) >= 11 is 0. The summed E-state index contributed by atoms with van der Waals surface area (Å²) in [4.78, 5) is 0. The molecule has 0 heterocycles. The Morgan fingerprint density at radius 3 is 2.81 bits per heavy atom. The summed E-state index contributed by atoms with van der Waals surface area (Å²) in [5, 5.41) is 3.35. The van der Waals surface area contributed by atoms with Gasteiger partial charge in [0.15, 0.2) is 0 Å². The Balaban J connectivity index is 1.90. The number of nitrogens with one attached hydrogen (secondary N) is 1. The predicted octanol–water partition coefficient (Wildman–Crippen LogP) is 4.63. The van der Waals surface area contributed by atoms with Crippen LogP contribution in [0.25, 0.3) is 0 Å². The van der Waals surface area contributed by atoms with E-state index in [1.54, 1.807) is 13.2 Å². The summed E-state index contributed by atoms with van der Waals surface area (Å²) in [6.45, 7) is 1.90. The molecule has 1 atom stereocenters. The molecule has 2 aromatic carbocycles. The van der Waals surface area contributed by atoms with E-state index >= 15 is 0 Å². The number of fused-ring (bicyclic) bond motifs is 1. The lowest BCUT2D eigenvalue weighted by Crippen LogP contribution is -2.18. The number of ether oxygens (including phenoxy) is 1. The van der Waals surface area contributed by atoms with Crippen molar-refractivity contribution in [3.63, 3.8) is 0 Å². The van der Waals surface area contributed by atoms with Crippen LogP contribution < -0.4 is 10.1 Å². The largest absolute Gasteiger partial charge is 0.497 e. The number of hydrogen-bond acceptors (Lipinski definition) is 2. The van der Waals surface area contributed by atoms with Crippen molar-refractivity contribution in [3.05, 3.63) is 58.9 Å². The van der Waals surface area contributed by atoms with Crippen LogP contribution in [0.2, 0.25) is 0 Å². The molecule has 0 radical (unpaired) electrons. The molecule has 1 aliphatic carbocycles. The number of aryl methyl sites for hydroxylation is 2. The van der Waals surface area contributed by atoms with Crippen LogP contribution in [0.15, 0.2) is 36.4 Å². The van der Waals surface area contributed by atoms with E-state index < -0.39 is 0 Å². The van der Waals surface area contributed by atoms with E-state index in [1.807, 2.05) is 25.1 Å². The van der Waals surface area contributed by atoms with Gasteiger partial charge >= 0.3 is 0 Å². The van der Waals surface area contributed by atoms with Crippen LogP contribution in [0.4, 0.5) is 10.1 Å². The number of rotatable bonds is 3. The first kappa shape index (κ1) is 13.9.